The van der Waals surface area contributed by atoms with Gasteiger partial charge in [0.05, 0.1) is 13.7 Å². The Labute approximate surface area is 118 Å². The maximum Gasteiger partial charge on any atom is 0.305 e. The molecule has 0 heterocycles. The molecule has 0 aromatic heterocycles. The molecule has 106 valence electrons. The molecule has 1 unspecified atom stereocenters. The van der Waals surface area contributed by atoms with Crippen LogP contribution >= 0.6 is 11.6 Å². The fourth-order valence-electron chi connectivity index (χ4n) is 1.85. The third kappa shape index (κ3) is 5.09. The molecule has 1 rings (SSSR count). The summed E-state index contributed by atoms with van der Waals surface area (Å²) in [5, 5.41) is 0.622. The van der Waals surface area contributed by atoms with Crippen LogP contribution in [0.1, 0.15) is 37.8 Å². The van der Waals surface area contributed by atoms with Crippen molar-refractivity contribution in [2.75, 3.05) is 13.7 Å². The summed E-state index contributed by atoms with van der Waals surface area (Å²) in [4.78, 5) is 11.2. The van der Waals surface area contributed by atoms with Gasteiger partial charge in [0.2, 0.25) is 0 Å². The summed E-state index contributed by atoms with van der Waals surface area (Å²) in [5.41, 5.74) is 6.97. The normalized spacial score (nSPS) is 12.0. The quantitative estimate of drug-likeness (QED) is 0.782. The van der Waals surface area contributed by atoms with Crippen molar-refractivity contribution in [2.45, 2.75) is 32.2 Å². The fraction of sp³-hybridized carbons (Fsp3) is 0.500. The van der Waals surface area contributed by atoms with E-state index in [1.54, 1.807) is 32.2 Å². The van der Waals surface area contributed by atoms with Crippen LogP contribution in [0.4, 0.5) is 0 Å². The van der Waals surface area contributed by atoms with Gasteiger partial charge in [-0.25, -0.2) is 0 Å². The average molecular weight is 286 g/mol. The molecular weight excluding hydrogens is 266 g/mol. The van der Waals surface area contributed by atoms with E-state index < -0.39 is 0 Å². The maximum absolute atomic E-state index is 11.2. The van der Waals surface area contributed by atoms with Gasteiger partial charge in [-0.1, -0.05) is 11.6 Å². The summed E-state index contributed by atoms with van der Waals surface area (Å²) in [6.07, 6.45) is 1.73. The van der Waals surface area contributed by atoms with Crippen molar-refractivity contribution in [1.82, 2.24) is 0 Å². The van der Waals surface area contributed by atoms with Crippen molar-refractivity contribution in [3.63, 3.8) is 0 Å². The molecule has 0 aliphatic heterocycles. The minimum absolute atomic E-state index is 0.187. The topological polar surface area (TPSA) is 61.5 Å². The fourth-order valence-corrected chi connectivity index (χ4v) is 2.03. The van der Waals surface area contributed by atoms with Gasteiger partial charge in [0.1, 0.15) is 5.75 Å². The van der Waals surface area contributed by atoms with Crippen molar-refractivity contribution in [2.24, 2.45) is 5.73 Å². The Morgan fingerprint density at radius 2 is 2.21 bits per heavy atom. The molecule has 1 aromatic rings. The monoisotopic (exact) mass is 285 g/mol. The van der Waals surface area contributed by atoms with Crippen LogP contribution in [0.15, 0.2) is 18.2 Å². The lowest BCUT2D eigenvalue weighted by molar-refractivity contribution is -0.143. The number of rotatable bonds is 7. The zero-order chi connectivity index (χ0) is 14.3. The average Bonchev–Trinajstić information content (AvgIpc) is 2.38. The van der Waals surface area contributed by atoms with Gasteiger partial charge in [-0.2, -0.15) is 0 Å². The van der Waals surface area contributed by atoms with E-state index in [1.165, 1.54) is 0 Å². The molecule has 2 N–H and O–H groups in total. The third-order valence-corrected chi connectivity index (χ3v) is 3.03. The Balaban J connectivity index is 2.55. The number of methoxy groups -OCH3 is 1. The lowest BCUT2D eigenvalue weighted by Gasteiger charge is -2.15. The summed E-state index contributed by atoms with van der Waals surface area (Å²) in [5.74, 6) is 0.529. The van der Waals surface area contributed by atoms with E-state index >= 15 is 0 Å². The zero-order valence-corrected chi connectivity index (χ0v) is 12.1. The maximum atomic E-state index is 11.2. The lowest BCUT2D eigenvalue weighted by Crippen LogP contribution is -2.13. The predicted octanol–water partition coefficient (Wildman–Crippen LogP) is 3.08. The number of carbonyl (C=O) groups is 1. The first-order valence-electron chi connectivity index (χ1n) is 6.33. The summed E-state index contributed by atoms with van der Waals surface area (Å²) in [7, 11) is 1.60. The van der Waals surface area contributed by atoms with E-state index in [9.17, 15) is 4.79 Å². The van der Waals surface area contributed by atoms with E-state index in [0.29, 0.717) is 36.6 Å². The van der Waals surface area contributed by atoms with Gasteiger partial charge < -0.3 is 15.2 Å². The van der Waals surface area contributed by atoms with Crippen molar-refractivity contribution < 1.29 is 14.3 Å². The Bertz CT molecular complexity index is 423. The van der Waals surface area contributed by atoms with Crippen LogP contribution in [-0.4, -0.2) is 19.7 Å². The number of hydrogen-bond acceptors (Lipinski definition) is 4. The Morgan fingerprint density at radius 1 is 1.47 bits per heavy atom. The minimum atomic E-state index is -0.205. The van der Waals surface area contributed by atoms with Gasteiger partial charge in [0.15, 0.2) is 0 Å². The molecule has 0 aliphatic rings. The molecule has 0 amide bonds. The Hall–Kier alpha value is -1.26. The van der Waals surface area contributed by atoms with Crippen molar-refractivity contribution in [3.8, 4) is 5.75 Å². The number of ether oxygens (including phenoxy) is 2. The highest BCUT2D eigenvalue weighted by Gasteiger charge is 2.13. The third-order valence-electron chi connectivity index (χ3n) is 2.79. The van der Waals surface area contributed by atoms with Crippen LogP contribution < -0.4 is 10.5 Å². The van der Waals surface area contributed by atoms with Gasteiger partial charge in [-0.05, 0) is 38.0 Å². The first-order valence-corrected chi connectivity index (χ1v) is 6.71. The smallest absolute Gasteiger partial charge is 0.305 e. The summed E-state index contributed by atoms with van der Waals surface area (Å²) in [6, 6.07) is 5.15. The summed E-state index contributed by atoms with van der Waals surface area (Å²) in [6.45, 7) is 2.20. The first-order chi connectivity index (χ1) is 9.08. The van der Waals surface area contributed by atoms with Gasteiger partial charge in [-0.15, -0.1) is 0 Å². The molecule has 0 saturated heterocycles. The van der Waals surface area contributed by atoms with Gasteiger partial charge in [0.25, 0.3) is 0 Å². The van der Waals surface area contributed by atoms with E-state index in [2.05, 4.69) is 0 Å². The van der Waals surface area contributed by atoms with Crippen molar-refractivity contribution in [3.05, 3.63) is 28.8 Å². The van der Waals surface area contributed by atoms with Crippen molar-refractivity contribution >= 4 is 17.6 Å². The number of benzene rings is 1. The van der Waals surface area contributed by atoms with Gasteiger partial charge in [-0.3, -0.25) is 4.79 Å². The van der Waals surface area contributed by atoms with Crippen LogP contribution in [-0.2, 0) is 9.53 Å². The van der Waals surface area contributed by atoms with Crippen molar-refractivity contribution in [1.29, 1.82) is 0 Å². The molecule has 5 heteroatoms. The largest absolute Gasteiger partial charge is 0.496 e. The molecular formula is C14H20ClNO3. The minimum Gasteiger partial charge on any atom is -0.496 e. The second kappa shape index (κ2) is 8.02. The van der Waals surface area contributed by atoms with Crippen LogP contribution in [0, 0.1) is 0 Å². The van der Waals surface area contributed by atoms with Crippen LogP contribution in [0.3, 0.4) is 0 Å². The molecule has 1 atom stereocenters. The Morgan fingerprint density at radius 3 is 2.84 bits per heavy atom. The molecule has 0 saturated carbocycles. The second-order valence-electron chi connectivity index (χ2n) is 4.19. The standard InChI is InChI=1S/C14H20ClNO3/c1-3-19-14(17)6-4-5-12(16)11-9-10(15)7-8-13(11)18-2/h7-9,12H,3-6,16H2,1-2H3. The Kier molecular flexibility index (Phi) is 6.67. The predicted molar refractivity (Wildman–Crippen MR) is 75.4 cm³/mol. The van der Waals surface area contributed by atoms with Gasteiger partial charge >= 0.3 is 5.97 Å². The van der Waals surface area contributed by atoms with E-state index in [4.69, 9.17) is 26.8 Å². The highest BCUT2D eigenvalue weighted by molar-refractivity contribution is 6.30. The molecule has 0 spiro atoms. The highest BCUT2D eigenvalue weighted by atomic mass is 35.5. The zero-order valence-electron chi connectivity index (χ0n) is 11.3. The number of nitrogens with two attached hydrogens (primary N) is 1. The number of halogens is 1. The number of carbonyl (C=O) groups excluding carboxylic acids is 1. The number of hydrogen-bond donors (Lipinski definition) is 1. The SMILES string of the molecule is CCOC(=O)CCCC(N)c1cc(Cl)ccc1OC. The molecule has 0 aliphatic carbocycles. The molecule has 0 radical (unpaired) electrons. The molecule has 19 heavy (non-hydrogen) atoms. The van der Waals surface area contributed by atoms with E-state index in [0.717, 1.165) is 5.56 Å². The van der Waals surface area contributed by atoms with E-state index in [-0.39, 0.29) is 12.0 Å². The first kappa shape index (κ1) is 15.8. The van der Waals surface area contributed by atoms with Crippen LogP contribution in [0.5, 0.6) is 5.75 Å². The van der Waals surface area contributed by atoms with Gasteiger partial charge in [0, 0.05) is 23.0 Å². The highest BCUT2D eigenvalue weighted by Crippen LogP contribution is 2.29. The summed E-state index contributed by atoms with van der Waals surface area (Å²) < 4.78 is 10.1. The van der Waals surface area contributed by atoms with Crippen LogP contribution in [0.2, 0.25) is 5.02 Å². The molecule has 0 bridgehead atoms. The second-order valence-corrected chi connectivity index (χ2v) is 4.63. The lowest BCUT2D eigenvalue weighted by atomic mass is 10.0. The summed E-state index contributed by atoms with van der Waals surface area (Å²) >= 11 is 5.96. The van der Waals surface area contributed by atoms with E-state index in [1.807, 2.05) is 0 Å². The molecule has 1 aromatic carbocycles. The molecule has 0 fully saturated rings. The molecule has 4 nitrogen and oxygen atoms in total. The number of esters is 1. The van der Waals surface area contributed by atoms with Crippen LogP contribution in [0.25, 0.3) is 0 Å².